The Labute approximate surface area is 141 Å². The lowest BCUT2D eigenvalue weighted by molar-refractivity contribution is -0.137. The number of aromatic nitrogens is 1. The quantitative estimate of drug-likeness (QED) is 0.767. The van der Waals surface area contributed by atoms with Crippen molar-refractivity contribution in [3.8, 4) is 5.75 Å². The minimum absolute atomic E-state index is 0.257. The summed E-state index contributed by atoms with van der Waals surface area (Å²) in [5.74, 6) is 0.0362. The van der Waals surface area contributed by atoms with Crippen LogP contribution in [0.1, 0.15) is 5.56 Å². The van der Waals surface area contributed by atoms with Gasteiger partial charge in [0, 0.05) is 17.3 Å². The number of amides is 1. The summed E-state index contributed by atoms with van der Waals surface area (Å²) in [6, 6.07) is 13.1. The molecule has 0 saturated carbocycles. The summed E-state index contributed by atoms with van der Waals surface area (Å²) in [4.78, 5) is 16.0. The van der Waals surface area contributed by atoms with Gasteiger partial charge in [0.15, 0.2) is 6.61 Å². The number of nitrogens with one attached hydrogen (secondary N) is 1. The molecule has 0 fully saturated rings. The van der Waals surface area contributed by atoms with Gasteiger partial charge in [0.05, 0.1) is 11.1 Å². The fourth-order valence-electron chi connectivity index (χ4n) is 2.23. The number of anilines is 1. The summed E-state index contributed by atoms with van der Waals surface area (Å²) in [7, 11) is 0. The zero-order valence-electron chi connectivity index (χ0n) is 12.9. The van der Waals surface area contributed by atoms with Crippen molar-refractivity contribution in [2.45, 2.75) is 6.18 Å². The summed E-state index contributed by atoms with van der Waals surface area (Å²) in [6.45, 7) is -0.257. The molecule has 0 bridgehead atoms. The number of halogens is 3. The molecule has 1 amide bonds. The Morgan fingerprint density at radius 3 is 2.56 bits per heavy atom. The molecule has 3 aromatic rings. The van der Waals surface area contributed by atoms with E-state index in [-0.39, 0.29) is 12.3 Å². The lowest BCUT2D eigenvalue weighted by atomic mass is 10.2. The molecule has 0 aliphatic rings. The smallest absolute Gasteiger partial charge is 0.416 e. The van der Waals surface area contributed by atoms with Crippen LogP contribution in [0.25, 0.3) is 10.9 Å². The Bertz CT molecular complexity index is 893. The van der Waals surface area contributed by atoms with E-state index < -0.39 is 17.6 Å². The van der Waals surface area contributed by atoms with Crippen molar-refractivity contribution >= 4 is 22.5 Å². The summed E-state index contributed by atoms with van der Waals surface area (Å²) in [6.07, 6.45) is -2.73. The number of rotatable bonds is 4. The van der Waals surface area contributed by atoms with E-state index in [1.165, 1.54) is 12.1 Å². The van der Waals surface area contributed by atoms with Crippen molar-refractivity contribution in [1.82, 2.24) is 4.98 Å². The van der Waals surface area contributed by atoms with Crippen LogP contribution in [0.4, 0.5) is 18.9 Å². The van der Waals surface area contributed by atoms with Crippen LogP contribution in [0.3, 0.4) is 0 Å². The van der Waals surface area contributed by atoms with Gasteiger partial charge in [-0.3, -0.25) is 9.78 Å². The molecule has 3 rings (SSSR count). The third-order valence-electron chi connectivity index (χ3n) is 3.44. The Morgan fingerprint density at radius 2 is 1.84 bits per heavy atom. The average molecular weight is 346 g/mol. The largest absolute Gasteiger partial charge is 0.484 e. The fourth-order valence-corrected chi connectivity index (χ4v) is 2.23. The molecule has 25 heavy (non-hydrogen) atoms. The lowest BCUT2D eigenvalue weighted by Crippen LogP contribution is -2.20. The van der Waals surface area contributed by atoms with Gasteiger partial charge in [-0.2, -0.15) is 13.2 Å². The number of carbonyl (C=O) groups excluding carboxylic acids is 1. The van der Waals surface area contributed by atoms with Crippen LogP contribution < -0.4 is 10.1 Å². The zero-order valence-corrected chi connectivity index (χ0v) is 12.9. The number of ether oxygens (including phenoxy) is 1. The molecular formula is C18H13F3N2O2. The Kier molecular flexibility index (Phi) is 4.56. The number of carbonyl (C=O) groups is 1. The number of pyridine rings is 1. The minimum Gasteiger partial charge on any atom is -0.484 e. The first-order chi connectivity index (χ1) is 11.9. The molecule has 4 nitrogen and oxygen atoms in total. The van der Waals surface area contributed by atoms with E-state index >= 15 is 0 Å². The number of benzene rings is 2. The van der Waals surface area contributed by atoms with Crippen molar-refractivity contribution in [3.05, 3.63) is 66.4 Å². The summed E-state index contributed by atoms with van der Waals surface area (Å²) in [5.41, 5.74) is 0.305. The van der Waals surface area contributed by atoms with Crippen LogP contribution in [0.5, 0.6) is 5.75 Å². The maximum atomic E-state index is 12.5. The highest BCUT2D eigenvalue weighted by molar-refractivity contribution is 5.92. The predicted octanol–water partition coefficient (Wildman–Crippen LogP) is 4.27. The van der Waals surface area contributed by atoms with Crippen LogP contribution >= 0.6 is 0 Å². The van der Waals surface area contributed by atoms with E-state index in [1.54, 1.807) is 30.5 Å². The molecule has 0 spiro atoms. The molecule has 7 heteroatoms. The van der Waals surface area contributed by atoms with Crippen molar-refractivity contribution in [3.63, 3.8) is 0 Å². The van der Waals surface area contributed by atoms with Crippen molar-refractivity contribution in [1.29, 1.82) is 0 Å². The SMILES string of the molecule is O=C(COc1ccc2ncccc2c1)Nc1ccc(C(F)(F)F)cc1. The van der Waals surface area contributed by atoms with Gasteiger partial charge in [0.2, 0.25) is 0 Å². The second kappa shape index (κ2) is 6.80. The summed E-state index contributed by atoms with van der Waals surface area (Å²) >= 11 is 0. The molecule has 0 atom stereocenters. The van der Waals surface area contributed by atoms with Crippen molar-refractivity contribution in [2.24, 2.45) is 0 Å². The second-order valence-corrected chi connectivity index (χ2v) is 5.27. The highest BCUT2D eigenvalue weighted by Gasteiger charge is 2.29. The zero-order chi connectivity index (χ0) is 17.9. The van der Waals surface area contributed by atoms with E-state index in [9.17, 15) is 18.0 Å². The first kappa shape index (κ1) is 16.8. The van der Waals surface area contributed by atoms with E-state index in [1.807, 2.05) is 6.07 Å². The molecule has 0 aliphatic carbocycles. The van der Waals surface area contributed by atoms with Crippen LogP contribution in [-0.4, -0.2) is 17.5 Å². The molecule has 0 saturated heterocycles. The predicted molar refractivity (Wildman–Crippen MR) is 87.3 cm³/mol. The molecule has 0 aliphatic heterocycles. The third kappa shape index (κ3) is 4.26. The van der Waals surface area contributed by atoms with E-state index in [4.69, 9.17) is 4.74 Å². The molecule has 0 unspecified atom stereocenters. The molecule has 0 radical (unpaired) electrons. The third-order valence-corrected chi connectivity index (χ3v) is 3.44. The van der Waals surface area contributed by atoms with Gasteiger partial charge in [-0.15, -0.1) is 0 Å². The molecule has 1 aromatic heterocycles. The Hall–Kier alpha value is -3.09. The van der Waals surface area contributed by atoms with Gasteiger partial charge in [0.25, 0.3) is 5.91 Å². The molecule has 128 valence electrons. The average Bonchev–Trinajstić information content (AvgIpc) is 2.59. The van der Waals surface area contributed by atoms with E-state index in [0.717, 1.165) is 23.0 Å². The van der Waals surface area contributed by atoms with E-state index in [2.05, 4.69) is 10.3 Å². The number of fused-ring (bicyclic) bond motifs is 1. The van der Waals surface area contributed by atoms with Crippen molar-refractivity contribution < 1.29 is 22.7 Å². The summed E-state index contributed by atoms with van der Waals surface area (Å²) < 4.78 is 42.9. The first-order valence-corrected chi connectivity index (χ1v) is 7.36. The van der Waals surface area contributed by atoms with Gasteiger partial charge in [-0.25, -0.2) is 0 Å². The molecule has 1 N–H and O–H groups in total. The Morgan fingerprint density at radius 1 is 1.08 bits per heavy atom. The van der Waals surface area contributed by atoms with Crippen LogP contribution in [-0.2, 0) is 11.0 Å². The number of alkyl halides is 3. The summed E-state index contributed by atoms with van der Waals surface area (Å²) in [5, 5.41) is 3.36. The first-order valence-electron chi connectivity index (χ1n) is 7.36. The minimum atomic E-state index is -4.41. The van der Waals surface area contributed by atoms with Gasteiger partial charge < -0.3 is 10.1 Å². The molecule has 2 aromatic carbocycles. The maximum Gasteiger partial charge on any atom is 0.416 e. The lowest BCUT2D eigenvalue weighted by Gasteiger charge is -2.10. The fraction of sp³-hybridized carbons (Fsp3) is 0.111. The number of nitrogens with zero attached hydrogens (tertiary/aromatic N) is 1. The van der Waals surface area contributed by atoms with Crippen LogP contribution in [0.2, 0.25) is 0 Å². The van der Waals surface area contributed by atoms with Crippen LogP contribution in [0, 0.1) is 0 Å². The monoisotopic (exact) mass is 346 g/mol. The second-order valence-electron chi connectivity index (χ2n) is 5.27. The van der Waals surface area contributed by atoms with Gasteiger partial charge in [-0.1, -0.05) is 6.07 Å². The maximum absolute atomic E-state index is 12.5. The van der Waals surface area contributed by atoms with Crippen molar-refractivity contribution in [2.75, 3.05) is 11.9 Å². The van der Waals surface area contributed by atoms with Gasteiger partial charge >= 0.3 is 6.18 Å². The number of hydrogen-bond donors (Lipinski definition) is 1. The van der Waals surface area contributed by atoms with Gasteiger partial charge in [0.1, 0.15) is 5.75 Å². The normalized spacial score (nSPS) is 11.3. The highest BCUT2D eigenvalue weighted by atomic mass is 19.4. The number of hydrogen-bond acceptors (Lipinski definition) is 3. The van der Waals surface area contributed by atoms with Crippen LogP contribution in [0.15, 0.2) is 60.8 Å². The molecule has 1 heterocycles. The highest BCUT2D eigenvalue weighted by Crippen LogP contribution is 2.29. The standard InChI is InChI=1S/C18H13F3N2O2/c19-18(20,21)13-3-5-14(6-4-13)23-17(24)11-25-15-7-8-16-12(10-15)2-1-9-22-16/h1-10H,11H2,(H,23,24). The van der Waals surface area contributed by atoms with Gasteiger partial charge in [-0.05, 0) is 48.5 Å². The van der Waals surface area contributed by atoms with E-state index in [0.29, 0.717) is 5.75 Å². The topological polar surface area (TPSA) is 51.2 Å². The Balaban J connectivity index is 1.58. The molecular weight excluding hydrogens is 333 g/mol.